The van der Waals surface area contributed by atoms with E-state index in [2.05, 4.69) is 4.74 Å². The molecule has 1 rings (SSSR count). The first-order valence-electron chi connectivity index (χ1n) is 7.05. The van der Waals surface area contributed by atoms with E-state index in [0.717, 1.165) is 11.3 Å². The number of hydrogen-bond acceptors (Lipinski definition) is 6. The van der Waals surface area contributed by atoms with Gasteiger partial charge in [0.1, 0.15) is 5.60 Å². The second-order valence-corrected chi connectivity index (χ2v) is 6.03. The first-order valence-corrected chi connectivity index (χ1v) is 7.05. The Kier molecular flexibility index (Phi) is 5.93. The summed E-state index contributed by atoms with van der Waals surface area (Å²) in [5, 5.41) is 1.45. The monoisotopic (exact) mass is 308 g/mol. The Labute approximate surface area is 131 Å². The first kappa shape index (κ1) is 18.0. The van der Waals surface area contributed by atoms with Gasteiger partial charge >= 0.3 is 11.9 Å². The summed E-state index contributed by atoms with van der Waals surface area (Å²) in [6, 6.07) is 5.11. The summed E-state index contributed by atoms with van der Waals surface area (Å²) in [4.78, 5) is 23.4. The van der Waals surface area contributed by atoms with Gasteiger partial charge in [0, 0.05) is 13.5 Å². The largest absolute Gasteiger partial charge is 0.469 e. The third kappa shape index (κ3) is 5.37. The molecule has 0 saturated heterocycles. The zero-order chi connectivity index (χ0) is 16.9. The Balaban J connectivity index is 3.03. The second kappa shape index (κ2) is 7.26. The van der Waals surface area contributed by atoms with Gasteiger partial charge in [0.15, 0.2) is 0 Å². The third-order valence-corrected chi connectivity index (χ3v) is 2.92. The van der Waals surface area contributed by atoms with Crippen LogP contribution in [0.4, 0.5) is 5.69 Å². The number of rotatable bonds is 5. The van der Waals surface area contributed by atoms with Crippen molar-refractivity contribution in [1.29, 1.82) is 0 Å². The molecule has 0 aliphatic rings. The standard InChI is InChI=1S/C16H24N2O4/c1-16(2,3)22-15(20)12-6-8-13(18(4)17)11(10-12)7-9-14(19)21-5/h6,8,10H,7,9,17H2,1-5H3. The molecule has 0 aliphatic heterocycles. The highest BCUT2D eigenvalue weighted by atomic mass is 16.6. The normalized spacial score (nSPS) is 11.0. The minimum absolute atomic E-state index is 0.217. The maximum absolute atomic E-state index is 12.1. The maximum atomic E-state index is 12.1. The van der Waals surface area contributed by atoms with Gasteiger partial charge in [0.25, 0.3) is 0 Å². The van der Waals surface area contributed by atoms with Crippen LogP contribution < -0.4 is 10.9 Å². The van der Waals surface area contributed by atoms with E-state index >= 15 is 0 Å². The predicted molar refractivity (Wildman–Crippen MR) is 84.5 cm³/mol. The summed E-state index contributed by atoms with van der Waals surface area (Å²) >= 11 is 0. The number of methoxy groups -OCH3 is 1. The van der Waals surface area contributed by atoms with Crippen molar-refractivity contribution in [2.45, 2.75) is 39.2 Å². The van der Waals surface area contributed by atoms with Crippen LogP contribution in [0.25, 0.3) is 0 Å². The molecule has 1 aromatic carbocycles. The Hall–Kier alpha value is -2.08. The highest BCUT2D eigenvalue weighted by Gasteiger charge is 2.19. The molecular weight excluding hydrogens is 284 g/mol. The maximum Gasteiger partial charge on any atom is 0.338 e. The molecule has 0 fully saturated rings. The number of carbonyl (C=O) groups excluding carboxylic acids is 2. The topological polar surface area (TPSA) is 81.9 Å². The van der Waals surface area contributed by atoms with Crippen molar-refractivity contribution in [2.75, 3.05) is 19.2 Å². The third-order valence-electron chi connectivity index (χ3n) is 2.92. The molecule has 6 nitrogen and oxygen atoms in total. The zero-order valence-corrected chi connectivity index (χ0v) is 13.8. The van der Waals surface area contributed by atoms with Gasteiger partial charge in [-0.25, -0.2) is 10.6 Å². The summed E-state index contributed by atoms with van der Waals surface area (Å²) in [7, 11) is 3.04. The highest BCUT2D eigenvalue weighted by molar-refractivity contribution is 5.90. The van der Waals surface area contributed by atoms with Crippen LogP contribution in [0, 0.1) is 0 Å². The van der Waals surface area contributed by atoms with E-state index in [1.54, 1.807) is 25.2 Å². The molecule has 0 radical (unpaired) electrons. The molecule has 1 aromatic rings. The lowest BCUT2D eigenvalue weighted by molar-refractivity contribution is -0.140. The molecule has 0 unspecified atom stereocenters. The number of hydrazine groups is 1. The smallest absolute Gasteiger partial charge is 0.338 e. The number of ether oxygens (including phenoxy) is 2. The molecule has 22 heavy (non-hydrogen) atoms. The van der Waals surface area contributed by atoms with Gasteiger partial charge in [-0.2, -0.15) is 0 Å². The number of anilines is 1. The van der Waals surface area contributed by atoms with E-state index in [9.17, 15) is 9.59 Å². The molecule has 0 bridgehead atoms. The van der Waals surface area contributed by atoms with Gasteiger partial charge < -0.3 is 14.5 Å². The summed E-state index contributed by atoms with van der Waals surface area (Å²) < 4.78 is 9.99. The van der Waals surface area contributed by atoms with E-state index in [-0.39, 0.29) is 12.4 Å². The van der Waals surface area contributed by atoms with Gasteiger partial charge in [-0.05, 0) is 51.0 Å². The van der Waals surface area contributed by atoms with Gasteiger partial charge in [-0.15, -0.1) is 0 Å². The molecular formula is C16H24N2O4. The molecule has 0 saturated carbocycles. The fourth-order valence-electron chi connectivity index (χ4n) is 1.93. The number of esters is 2. The molecule has 122 valence electrons. The zero-order valence-electron chi connectivity index (χ0n) is 13.8. The van der Waals surface area contributed by atoms with Crippen molar-refractivity contribution in [1.82, 2.24) is 0 Å². The second-order valence-electron chi connectivity index (χ2n) is 6.03. The molecule has 0 aromatic heterocycles. The number of aryl methyl sites for hydroxylation is 1. The molecule has 0 amide bonds. The lowest BCUT2D eigenvalue weighted by Crippen LogP contribution is -2.27. The van der Waals surface area contributed by atoms with E-state index in [1.165, 1.54) is 12.1 Å². The Morgan fingerprint density at radius 1 is 1.27 bits per heavy atom. The minimum atomic E-state index is -0.563. The number of nitrogens with two attached hydrogens (primary N) is 1. The van der Waals surface area contributed by atoms with Crippen molar-refractivity contribution in [3.63, 3.8) is 0 Å². The number of nitrogens with zero attached hydrogens (tertiary/aromatic N) is 1. The van der Waals surface area contributed by atoms with Gasteiger partial charge in [0.2, 0.25) is 0 Å². The average molecular weight is 308 g/mol. The average Bonchev–Trinajstić information content (AvgIpc) is 2.42. The van der Waals surface area contributed by atoms with Crippen LogP contribution in [0.5, 0.6) is 0 Å². The van der Waals surface area contributed by atoms with Gasteiger partial charge in [-0.1, -0.05) is 0 Å². The Morgan fingerprint density at radius 2 is 1.91 bits per heavy atom. The Bertz CT molecular complexity index is 548. The van der Waals surface area contributed by atoms with Crippen molar-refractivity contribution >= 4 is 17.6 Å². The van der Waals surface area contributed by atoms with Crippen LogP contribution in [0.1, 0.15) is 43.1 Å². The van der Waals surface area contributed by atoms with Crippen LogP contribution in [0.3, 0.4) is 0 Å². The summed E-state index contributed by atoms with van der Waals surface area (Å²) in [6.07, 6.45) is 0.648. The van der Waals surface area contributed by atoms with Gasteiger partial charge in [-0.3, -0.25) is 4.79 Å². The summed E-state index contributed by atoms with van der Waals surface area (Å²) in [6.45, 7) is 5.43. The molecule has 0 heterocycles. The lowest BCUT2D eigenvalue weighted by Gasteiger charge is -2.21. The van der Waals surface area contributed by atoms with E-state index < -0.39 is 11.6 Å². The molecule has 0 atom stereocenters. The number of benzene rings is 1. The number of carbonyl (C=O) groups is 2. The number of hydrogen-bond donors (Lipinski definition) is 1. The van der Waals surface area contributed by atoms with Crippen LogP contribution in [-0.4, -0.2) is 31.7 Å². The quantitative estimate of drug-likeness (QED) is 0.509. The summed E-state index contributed by atoms with van der Waals surface area (Å²) in [5.41, 5.74) is 1.41. The lowest BCUT2D eigenvalue weighted by atomic mass is 10.0. The van der Waals surface area contributed by atoms with Crippen molar-refractivity contribution < 1.29 is 19.1 Å². The Morgan fingerprint density at radius 3 is 2.41 bits per heavy atom. The van der Waals surface area contributed by atoms with Crippen LogP contribution in [0.15, 0.2) is 18.2 Å². The van der Waals surface area contributed by atoms with Crippen molar-refractivity contribution in [2.24, 2.45) is 5.84 Å². The van der Waals surface area contributed by atoms with Crippen molar-refractivity contribution in [3.05, 3.63) is 29.3 Å². The van der Waals surface area contributed by atoms with Crippen molar-refractivity contribution in [3.8, 4) is 0 Å². The fourth-order valence-corrected chi connectivity index (χ4v) is 1.93. The van der Waals surface area contributed by atoms with Crippen LogP contribution in [0.2, 0.25) is 0 Å². The minimum Gasteiger partial charge on any atom is -0.469 e. The fraction of sp³-hybridized carbons (Fsp3) is 0.500. The molecule has 0 spiro atoms. The molecule has 6 heteroatoms. The van der Waals surface area contributed by atoms with E-state index in [0.29, 0.717) is 12.0 Å². The molecule has 2 N–H and O–H groups in total. The van der Waals surface area contributed by atoms with E-state index in [1.807, 2.05) is 20.8 Å². The predicted octanol–water partition coefficient (Wildman–Crippen LogP) is 2.06. The van der Waals surface area contributed by atoms with E-state index in [4.69, 9.17) is 10.6 Å². The first-order chi connectivity index (χ1) is 10.1. The highest BCUT2D eigenvalue weighted by Crippen LogP contribution is 2.23. The summed E-state index contributed by atoms with van der Waals surface area (Å²) in [5.74, 6) is 5.07. The SMILES string of the molecule is COC(=O)CCc1cc(C(=O)OC(C)(C)C)ccc1N(C)N. The molecule has 0 aliphatic carbocycles. The van der Waals surface area contributed by atoms with Gasteiger partial charge in [0.05, 0.1) is 18.4 Å². The van der Waals surface area contributed by atoms with Crippen LogP contribution in [-0.2, 0) is 20.7 Å². The van der Waals surface area contributed by atoms with Crippen LogP contribution >= 0.6 is 0 Å².